The summed E-state index contributed by atoms with van der Waals surface area (Å²) < 4.78 is 3.12. The van der Waals surface area contributed by atoms with Gasteiger partial charge in [0.15, 0.2) is 0 Å². The molecule has 1 aliphatic heterocycles. The van der Waals surface area contributed by atoms with Gasteiger partial charge in [0.1, 0.15) is 5.82 Å². The number of fused-ring (bicyclic) bond motifs is 1. The molecule has 3 N–H and O–H groups in total. The molecule has 0 unspecified atom stereocenters. The van der Waals surface area contributed by atoms with Crippen molar-refractivity contribution in [2.24, 2.45) is 0 Å². The summed E-state index contributed by atoms with van der Waals surface area (Å²) in [7, 11) is 0. The minimum Gasteiger partial charge on any atom is -0.383 e. The Kier molecular flexibility index (Phi) is 9.30. The van der Waals surface area contributed by atoms with Crippen LogP contribution in [0.4, 0.5) is 5.82 Å². The van der Waals surface area contributed by atoms with Crippen LogP contribution in [0.25, 0.3) is 33.2 Å². The van der Waals surface area contributed by atoms with Crippen LogP contribution in [0.5, 0.6) is 0 Å². The summed E-state index contributed by atoms with van der Waals surface area (Å²) in [6.07, 6.45) is 9.90. The molecule has 1 fully saturated rings. The molecule has 0 bridgehead atoms. The molecule has 0 saturated carbocycles. The number of aromatic nitrogens is 4. The molecule has 0 radical (unpaired) electrons. The van der Waals surface area contributed by atoms with Crippen molar-refractivity contribution in [1.82, 2.24) is 25.1 Å². The molecule has 4 aromatic rings. The fraction of sp³-hybridized carbons (Fsp3) is 0.227. The lowest BCUT2D eigenvalue weighted by atomic mass is 10.0. The van der Waals surface area contributed by atoms with Gasteiger partial charge in [-0.2, -0.15) is 5.10 Å². The van der Waals surface area contributed by atoms with Crippen molar-refractivity contribution < 1.29 is 0 Å². The Morgan fingerprint density at radius 2 is 1.69 bits per heavy atom. The maximum Gasteiger partial charge on any atom is 0.132 e. The van der Waals surface area contributed by atoms with Crippen molar-refractivity contribution >= 4 is 69.7 Å². The van der Waals surface area contributed by atoms with E-state index < -0.39 is 0 Å². The summed E-state index contributed by atoms with van der Waals surface area (Å²) in [5.41, 5.74) is 9.89. The van der Waals surface area contributed by atoms with Crippen LogP contribution in [0.15, 0.2) is 59.6 Å². The van der Waals surface area contributed by atoms with Crippen LogP contribution < -0.4 is 11.1 Å². The molecule has 0 amide bonds. The van der Waals surface area contributed by atoms with Crippen molar-refractivity contribution in [1.29, 1.82) is 0 Å². The van der Waals surface area contributed by atoms with E-state index in [9.17, 15) is 0 Å². The van der Waals surface area contributed by atoms with Gasteiger partial charge in [0, 0.05) is 45.1 Å². The van der Waals surface area contributed by atoms with Crippen LogP contribution >= 0.6 is 53.2 Å². The number of nitrogens with one attached hydrogen (secondary N) is 1. The molecule has 3 aromatic heterocycles. The Morgan fingerprint density at radius 1 is 0.906 bits per heavy atom. The predicted molar refractivity (Wildman–Crippen MR) is 141 cm³/mol. The largest absolute Gasteiger partial charge is 0.383 e. The van der Waals surface area contributed by atoms with Crippen LogP contribution in [0.1, 0.15) is 18.9 Å². The lowest BCUT2D eigenvalue weighted by molar-refractivity contribution is 0.343. The standard InChI is InChI=1S/C22H21BrN6.3ClH/c23-18-2-1-14-10-26-21(9-15(14)7-18)20-8-16(11-27-22(20)24)17-12-28-29(13-17)19-3-5-25-6-4-19;;;/h1-2,7-13,19,25H,3-6H2,(H2,24,27);3*1H. The van der Waals surface area contributed by atoms with Crippen LogP contribution in [0.3, 0.4) is 0 Å². The monoisotopic (exact) mass is 556 g/mol. The molecule has 0 aliphatic carbocycles. The fourth-order valence-electron chi connectivity index (χ4n) is 3.86. The Morgan fingerprint density at radius 3 is 2.47 bits per heavy atom. The number of nitrogens with two attached hydrogens (primary N) is 1. The normalized spacial score (nSPS) is 13.7. The van der Waals surface area contributed by atoms with Crippen LogP contribution in [0.2, 0.25) is 0 Å². The summed E-state index contributed by atoms with van der Waals surface area (Å²) in [6.45, 7) is 2.08. The second kappa shape index (κ2) is 11.3. The molecule has 4 heterocycles. The Labute approximate surface area is 213 Å². The highest BCUT2D eigenvalue weighted by molar-refractivity contribution is 9.10. The van der Waals surface area contributed by atoms with Gasteiger partial charge in [0.2, 0.25) is 0 Å². The summed E-state index contributed by atoms with van der Waals surface area (Å²) in [6, 6.07) is 10.7. The first-order chi connectivity index (χ1) is 14.2. The van der Waals surface area contributed by atoms with E-state index >= 15 is 0 Å². The number of hydrogen-bond donors (Lipinski definition) is 2. The number of nitrogen functional groups attached to an aromatic ring is 1. The van der Waals surface area contributed by atoms with Crippen molar-refractivity contribution in [3.63, 3.8) is 0 Å². The van der Waals surface area contributed by atoms with Gasteiger partial charge >= 0.3 is 0 Å². The summed E-state index contributed by atoms with van der Waals surface area (Å²) >= 11 is 3.53. The molecule has 0 spiro atoms. The number of rotatable bonds is 3. The van der Waals surface area contributed by atoms with Gasteiger partial charge in [-0.3, -0.25) is 9.67 Å². The predicted octanol–water partition coefficient (Wildman–Crippen LogP) is 5.69. The lowest BCUT2D eigenvalue weighted by Gasteiger charge is -2.22. The van der Waals surface area contributed by atoms with Crippen LogP contribution in [-0.4, -0.2) is 32.8 Å². The minimum atomic E-state index is 0. The third-order valence-electron chi connectivity index (χ3n) is 5.50. The number of piperidine rings is 1. The van der Waals surface area contributed by atoms with E-state index in [0.717, 1.165) is 63.6 Å². The number of nitrogens with zero attached hydrogens (tertiary/aromatic N) is 4. The Hall–Kier alpha value is -1.90. The van der Waals surface area contributed by atoms with Crippen molar-refractivity contribution in [2.75, 3.05) is 18.8 Å². The SMILES string of the molecule is Cl.Cl.Cl.Nc1ncc(-c2cnn(C3CCNCC3)c2)cc1-c1cc2cc(Br)ccc2cn1. The van der Waals surface area contributed by atoms with Gasteiger partial charge in [-0.1, -0.05) is 22.0 Å². The topological polar surface area (TPSA) is 81.6 Å². The number of anilines is 1. The van der Waals surface area contributed by atoms with E-state index in [-0.39, 0.29) is 37.2 Å². The number of benzene rings is 1. The average molecular weight is 559 g/mol. The molecule has 0 atom stereocenters. The van der Waals surface area contributed by atoms with Crippen LogP contribution in [0, 0.1) is 0 Å². The van der Waals surface area contributed by atoms with E-state index in [1.165, 1.54) is 0 Å². The van der Waals surface area contributed by atoms with Gasteiger partial charge in [-0.05, 0) is 55.6 Å². The third-order valence-corrected chi connectivity index (χ3v) is 5.99. The summed E-state index contributed by atoms with van der Waals surface area (Å²) in [5.74, 6) is 0.473. The second-order valence-electron chi connectivity index (χ2n) is 7.41. The molecule has 32 heavy (non-hydrogen) atoms. The van der Waals surface area contributed by atoms with Gasteiger partial charge in [-0.25, -0.2) is 4.98 Å². The van der Waals surface area contributed by atoms with E-state index in [1.807, 2.05) is 24.5 Å². The van der Waals surface area contributed by atoms with Crippen molar-refractivity contribution in [2.45, 2.75) is 18.9 Å². The highest BCUT2D eigenvalue weighted by Crippen LogP contribution is 2.31. The summed E-state index contributed by atoms with van der Waals surface area (Å²) in [4.78, 5) is 9.05. The number of hydrogen-bond acceptors (Lipinski definition) is 5. The number of halogens is 4. The second-order valence-corrected chi connectivity index (χ2v) is 8.32. The maximum absolute atomic E-state index is 6.21. The van der Waals surface area contributed by atoms with E-state index in [1.54, 1.807) is 6.20 Å². The van der Waals surface area contributed by atoms with Gasteiger partial charge < -0.3 is 11.1 Å². The molecular weight excluding hydrogens is 535 g/mol. The first-order valence-electron chi connectivity index (χ1n) is 9.74. The first-order valence-corrected chi connectivity index (χ1v) is 10.5. The van der Waals surface area contributed by atoms with Gasteiger partial charge in [-0.15, -0.1) is 37.2 Å². The maximum atomic E-state index is 6.21. The van der Waals surface area contributed by atoms with Crippen molar-refractivity contribution in [3.05, 3.63) is 59.6 Å². The molecule has 1 aromatic carbocycles. The van der Waals surface area contributed by atoms with Crippen molar-refractivity contribution in [3.8, 4) is 22.4 Å². The Balaban J connectivity index is 0.00000121. The highest BCUT2D eigenvalue weighted by atomic mass is 79.9. The minimum absolute atomic E-state index is 0. The molecule has 6 nitrogen and oxygen atoms in total. The zero-order valence-corrected chi connectivity index (χ0v) is 21.1. The molecule has 10 heteroatoms. The number of pyridine rings is 2. The van der Waals surface area contributed by atoms with E-state index in [0.29, 0.717) is 11.9 Å². The average Bonchev–Trinajstić information content (AvgIpc) is 3.24. The molecule has 1 aliphatic rings. The molecule has 5 rings (SSSR count). The third kappa shape index (κ3) is 5.35. The smallest absolute Gasteiger partial charge is 0.132 e. The summed E-state index contributed by atoms with van der Waals surface area (Å²) in [5, 5.41) is 10.2. The highest BCUT2D eigenvalue weighted by Gasteiger charge is 2.17. The van der Waals surface area contributed by atoms with E-state index in [2.05, 4.69) is 65.4 Å². The lowest BCUT2D eigenvalue weighted by Crippen LogP contribution is -2.29. The fourth-order valence-corrected chi connectivity index (χ4v) is 4.23. The van der Waals surface area contributed by atoms with E-state index in [4.69, 9.17) is 5.73 Å². The quantitative estimate of drug-likeness (QED) is 0.337. The van der Waals surface area contributed by atoms with Gasteiger partial charge in [0.25, 0.3) is 0 Å². The first kappa shape index (κ1) is 26.4. The molecule has 170 valence electrons. The van der Waals surface area contributed by atoms with Crippen LogP contribution in [-0.2, 0) is 0 Å². The Bertz CT molecular complexity index is 1190. The molecular formula is C22H24BrCl3N6. The molecule has 1 saturated heterocycles. The zero-order valence-electron chi connectivity index (χ0n) is 17.1. The zero-order chi connectivity index (χ0) is 19.8. The van der Waals surface area contributed by atoms with Gasteiger partial charge in [0.05, 0.1) is 17.9 Å².